The number of hydrogen-bond donors (Lipinski definition) is 0. The van der Waals surface area contributed by atoms with E-state index in [2.05, 4.69) is 18.7 Å². The molecule has 0 radical (unpaired) electrons. The van der Waals surface area contributed by atoms with Crippen LogP contribution < -0.4 is 0 Å². The molecule has 1 unspecified atom stereocenters. The van der Waals surface area contributed by atoms with Crippen molar-refractivity contribution in [1.82, 2.24) is 4.90 Å². The molecule has 1 atom stereocenters. The molecule has 0 spiro atoms. The molecule has 1 fully saturated rings. The van der Waals surface area contributed by atoms with Gasteiger partial charge in [0.2, 0.25) is 0 Å². The molecule has 1 heterocycles. The highest BCUT2D eigenvalue weighted by molar-refractivity contribution is 4.69. The molecule has 0 aromatic carbocycles. The van der Waals surface area contributed by atoms with Gasteiger partial charge in [0, 0.05) is 6.04 Å². The van der Waals surface area contributed by atoms with E-state index >= 15 is 0 Å². The summed E-state index contributed by atoms with van der Waals surface area (Å²) in [6.45, 7) is 7.32. The Bertz CT molecular complexity index is 112. The minimum atomic E-state index is 0.838. The zero-order valence-electron chi connectivity index (χ0n) is 8.68. The fourth-order valence-electron chi connectivity index (χ4n) is 2.13. The monoisotopic (exact) mass is 169 g/mol. The van der Waals surface area contributed by atoms with Crippen molar-refractivity contribution in [2.75, 3.05) is 13.1 Å². The summed E-state index contributed by atoms with van der Waals surface area (Å²) in [5.74, 6) is 0. The molecule has 72 valence electrons. The second-order valence-electron chi connectivity index (χ2n) is 4.09. The molecule has 0 N–H and O–H groups in total. The standard InChI is InChI=1S/C11H23N/c1-3-9-12-10-7-5-4-6-8-11(12)2/h11H,3-10H2,1-2H3. The quantitative estimate of drug-likeness (QED) is 0.614. The zero-order valence-corrected chi connectivity index (χ0v) is 8.68. The van der Waals surface area contributed by atoms with Crippen LogP contribution in [0.15, 0.2) is 0 Å². The topological polar surface area (TPSA) is 3.24 Å². The maximum Gasteiger partial charge on any atom is 0.00669 e. The van der Waals surface area contributed by atoms with E-state index < -0.39 is 0 Å². The van der Waals surface area contributed by atoms with Gasteiger partial charge in [-0.2, -0.15) is 0 Å². The molecule has 1 saturated heterocycles. The van der Waals surface area contributed by atoms with E-state index in [0.717, 1.165) is 6.04 Å². The van der Waals surface area contributed by atoms with Crippen molar-refractivity contribution in [2.45, 2.75) is 58.4 Å². The first-order valence-electron chi connectivity index (χ1n) is 5.58. The molecule has 12 heavy (non-hydrogen) atoms. The van der Waals surface area contributed by atoms with Crippen LogP contribution in [0.3, 0.4) is 0 Å². The summed E-state index contributed by atoms with van der Waals surface area (Å²) >= 11 is 0. The normalized spacial score (nSPS) is 28.0. The summed E-state index contributed by atoms with van der Waals surface area (Å²) in [4.78, 5) is 2.67. The molecule has 1 heteroatoms. The van der Waals surface area contributed by atoms with E-state index in [1.165, 1.54) is 51.6 Å². The molecule has 1 aliphatic rings. The number of rotatable bonds is 2. The highest BCUT2D eigenvalue weighted by Crippen LogP contribution is 2.16. The SMILES string of the molecule is CCCN1CCCCCCC1C. The van der Waals surface area contributed by atoms with E-state index in [1.807, 2.05) is 0 Å². The summed E-state index contributed by atoms with van der Waals surface area (Å²) in [5.41, 5.74) is 0. The Kier molecular flexibility index (Phi) is 4.67. The predicted octanol–water partition coefficient (Wildman–Crippen LogP) is 3.05. The van der Waals surface area contributed by atoms with Crippen molar-refractivity contribution >= 4 is 0 Å². The average Bonchev–Trinajstić information content (AvgIpc) is 2.05. The van der Waals surface area contributed by atoms with Gasteiger partial charge in [0.05, 0.1) is 0 Å². The molecule has 0 aliphatic carbocycles. The van der Waals surface area contributed by atoms with Crippen LogP contribution in [0, 0.1) is 0 Å². The van der Waals surface area contributed by atoms with Gasteiger partial charge in [-0.1, -0.05) is 26.2 Å². The third-order valence-corrected chi connectivity index (χ3v) is 2.95. The minimum Gasteiger partial charge on any atom is -0.301 e. The van der Waals surface area contributed by atoms with E-state index in [9.17, 15) is 0 Å². The maximum absolute atomic E-state index is 2.67. The third-order valence-electron chi connectivity index (χ3n) is 2.95. The Morgan fingerprint density at radius 1 is 1.17 bits per heavy atom. The summed E-state index contributed by atoms with van der Waals surface area (Å²) in [7, 11) is 0. The number of likely N-dealkylation sites (tertiary alicyclic amines) is 1. The summed E-state index contributed by atoms with van der Waals surface area (Å²) in [5, 5.41) is 0. The van der Waals surface area contributed by atoms with Crippen molar-refractivity contribution in [3.63, 3.8) is 0 Å². The molecule has 1 rings (SSSR count). The van der Waals surface area contributed by atoms with Gasteiger partial charge >= 0.3 is 0 Å². The molecular weight excluding hydrogens is 146 g/mol. The lowest BCUT2D eigenvalue weighted by Crippen LogP contribution is -2.35. The number of nitrogens with zero attached hydrogens (tertiary/aromatic N) is 1. The van der Waals surface area contributed by atoms with Crippen LogP contribution in [0.5, 0.6) is 0 Å². The Labute approximate surface area is 77.1 Å². The van der Waals surface area contributed by atoms with Gasteiger partial charge < -0.3 is 4.90 Å². The van der Waals surface area contributed by atoms with Crippen molar-refractivity contribution in [3.05, 3.63) is 0 Å². The largest absolute Gasteiger partial charge is 0.301 e. The Morgan fingerprint density at radius 3 is 2.67 bits per heavy atom. The van der Waals surface area contributed by atoms with E-state index in [-0.39, 0.29) is 0 Å². The van der Waals surface area contributed by atoms with Crippen LogP contribution in [0.2, 0.25) is 0 Å². The van der Waals surface area contributed by atoms with Crippen LogP contribution in [0.1, 0.15) is 52.4 Å². The lowest BCUT2D eigenvalue weighted by atomic mass is 10.0. The van der Waals surface area contributed by atoms with Crippen molar-refractivity contribution in [3.8, 4) is 0 Å². The first-order valence-corrected chi connectivity index (χ1v) is 5.58. The fourth-order valence-corrected chi connectivity index (χ4v) is 2.13. The van der Waals surface area contributed by atoms with Crippen LogP contribution in [0.25, 0.3) is 0 Å². The smallest absolute Gasteiger partial charge is 0.00669 e. The average molecular weight is 169 g/mol. The molecule has 1 nitrogen and oxygen atoms in total. The first-order chi connectivity index (χ1) is 5.84. The lowest BCUT2D eigenvalue weighted by Gasteiger charge is -2.30. The van der Waals surface area contributed by atoms with Crippen molar-refractivity contribution in [2.24, 2.45) is 0 Å². The summed E-state index contributed by atoms with van der Waals surface area (Å²) < 4.78 is 0. The zero-order chi connectivity index (χ0) is 8.81. The first kappa shape index (κ1) is 10.0. The molecular formula is C11H23N. The van der Waals surface area contributed by atoms with Gasteiger partial charge in [0.25, 0.3) is 0 Å². The molecule has 0 amide bonds. The molecule has 0 aromatic rings. The Balaban J connectivity index is 2.32. The molecule has 0 bridgehead atoms. The summed E-state index contributed by atoms with van der Waals surface area (Å²) in [6.07, 6.45) is 8.51. The van der Waals surface area contributed by atoms with Gasteiger partial charge in [-0.25, -0.2) is 0 Å². The van der Waals surface area contributed by atoms with Crippen LogP contribution in [-0.4, -0.2) is 24.0 Å². The Hall–Kier alpha value is -0.0400. The minimum absolute atomic E-state index is 0.838. The van der Waals surface area contributed by atoms with Gasteiger partial charge in [0.15, 0.2) is 0 Å². The maximum atomic E-state index is 2.67. The lowest BCUT2D eigenvalue weighted by molar-refractivity contribution is 0.181. The molecule has 0 aromatic heterocycles. The second-order valence-corrected chi connectivity index (χ2v) is 4.09. The summed E-state index contributed by atoms with van der Waals surface area (Å²) in [6, 6.07) is 0.838. The highest BCUT2D eigenvalue weighted by atomic mass is 15.1. The third kappa shape index (κ3) is 3.14. The van der Waals surface area contributed by atoms with E-state index in [0.29, 0.717) is 0 Å². The van der Waals surface area contributed by atoms with Gasteiger partial charge in [-0.05, 0) is 39.3 Å². The van der Waals surface area contributed by atoms with E-state index in [4.69, 9.17) is 0 Å². The number of hydrogen-bond acceptors (Lipinski definition) is 1. The van der Waals surface area contributed by atoms with E-state index in [1.54, 1.807) is 0 Å². The Morgan fingerprint density at radius 2 is 1.92 bits per heavy atom. The van der Waals surface area contributed by atoms with Crippen molar-refractivity contribution < 1.29 is 0 Å². The second kappa shape index (κ2) is 5.58. The molecule has 1 aliphatic heterocycles. The van der Waals surface area contributed by atoms with Crippen molar-refractivity contribution in [1.29, 1.82) is 0 Å². The van der Waals surface area contributed by atoms with Crippen LogP contribution >= 0.6 is 0 Å². The van der Waals surface area contributed by atoms with Gasteiger partial charge in [0.1, 0.15) is 0 Å². The van der Waals surface area contributed by atoms with Crippen LogP contribution in [0.4, 0.5) is 0 Å². The van der Waals surface area contributed by atoms with Gasteiger partial charge in [-0.15, -0.1) is 0 Å². The highest BCUT2D eigenvalue weighted by Gasteiger charge is 2.13. The molecule has 0 saturated carbocycles. The predicted molar refractivity (Wildman–Crippen MR) is 54.4 cm³/mol. The van der Waals surface area contributed by atoms with Gasteiger partial charge in [-0.3, -0.25) is 0 Å². The fraction of sp³-hybridized carbons (Fsp3) is 1.00. The van der Waals surface area contributed by atoms with Crippen LogP contribution in [-0.2, 0) is 0 Å².